The van der Waals surface area contributed by atoms with Crippen LogP contribution >= 0.6 is 0 Å². The zero-order valence-electron chi connectivity index (χ0n) is 8.07. The van der Waals surface area contributed by atoms with E-state index < -0.39 is 23.5 Å². The molecule has 1 aromatic heterocycles. The molecule has 1 aliphatic rings. The molecule has 1 aliphatic carbocycles. The fraction of sp³-hybridized carbons (Fsp3) is 0.556. The molecule has 15 heavy (non-hydrogen) atoms. The zero-order valence-corrected chi connectivity index (χ0v) is 8.07. The molecule has 0 spiro atoms. The minimum atomic E-state index is -2.72. The lowest BCUT2D eigenvalue weighted by Gasteiger charge is -2.08. The van der Waals surface area contributed by atoms with Crippen molar-refractivity contribution in [3.63, 3.8) is 0 Å². The van der Waals surface area contributed by atoms with E-state index >= 15 is 0 Å². The van der Waals surface area contributed by atoms with Gasteiger partial charge in [0.15, 0.2) is 0 Å². The van der Waals surface area contributed by atoms with Gasteiger partial charge >= 0.3 is 5.97 Å². The Morgan fingerprint density at radius 1 is 1.67 bits per heavy atom. The number of alkyl halides is 2. The Kier molecular flexibility index (Phi) is 2.02. The van der Waals surface area contributed by atoms with Gasteiger partial charge in [-0.05, 0) is 12.8 Å². The van der Waals surface area contributed by atoms with Gasteiger partial charge in [0.2, 0.25) is 0 Å². The monoisotopic (exact) mass is 216 g/mol. The first-order valence-corrected chi connectivity index (χ1v) is 4.53. The third-order valence-electron chi connectivity index (χ3n) is 2.74. The van der Waals surface area contributed by atoms with Gasteiger partial charge in [-0.25, -0.2) is 8.78 Å². The summed E-state index contributed by atoms with van der Waals surface area (Å²) in [4.78, 5) is 11.0. The summed E-state index contributed by atoms with van der Waals surface area (Å²) in [5.41, 5.74) is -1.36. The first-order chi connectivity index (χ1) is 6.97. The predicted octanol–water partition coefficient (Wildman–Crippen LogP) is 1.47. The van der Waals surface area contributed by atoms with Crippen molar-refractivity contribution in [3.8, 4) is 0 Å². The molecule has 1 heterocycles. The number of hydrogen-bond acceptors (Lipinski definition) is 2. The summed E-state index contributed by atoms with van der Waals surface area (Å²) in [7, 11) is 1.51. The van der Waals surface area contributed by atoms with Crippen LogP contribution in [0.4, 0.5) is 8.78 Å². The summed E-state index contributed by atoms with van der Waals surface area (Å²) < 4.78 is 26.4. The van der Waals surface area contributed by atoms with Gasteiger partial charge in [0.25, 0.3) is 6.43 Å². The van der Waals surface area contributed by atoms with Gasteiger partial charge in [0.05, 0.1) is 5.41 Å². The fourth-order valence-corrected chi connectivity index (χ4v) is 1.76. The van der Waals surface area contributed by atoms with Crippen LogP contribution in [0.3, 0.4) is 0 Å². The molecule has 1 N–H and O–H groups in total. The van der Waals surface area contributed by atoms with Gasteiger partial charge in [0.1, 0.15) is 5.69 Å². The molecule has 6 heteroatoms. The summed E-state index contributed by atoms with van der Waals surface area (Å²) in [6.07, 6.45) is -0.526. The van der Waals surface area contributed by atoms with Crippen LogP contribution in [0.5, 0.6) is 0 Å². The first-order valence-electron chi connectivity index (χ1n) is 4.53. The van der Waals surface area contributed by atoms with Gasteiger partial charge < -0.3 is 5.11 Å². The van der Waals surface area contributed by atoms with Gasteiger partial charge in [0, 0.05) is 18.8 Å². The molecule has 0 saturated heterocycles. The van der Waals surface area contributed by atoms with Crippen molar-refractivity contribution in [2.45, 2.75) is 24.7 Å². The standard InChI is InChI=1S/C9H10F2N2O2/c1-13-4-5(6(12-13)7(10)11)9(2-3-9)8(14)15/h4,7H,2-3H2,1H3,(H,14,15). The average Bonchev–Trinajstić information content (AvgIpc) is 2.85. The Morgan fingerprint density at radius 2 is 2.27 bits per heavy atom. The van der Waals surface area contributed by atoms with Crippen LogP contribution in [0.15, 0.2) is 6.20 Å². The number of carboxylic acids is 1. The number of carbonyl (C=O) groups is 1. The van der Waals surface area contributed by atoms with E-state index in [1.807, 2.05) is 0 Å². The predicted molar refractivity (Wildman–Crippen MR) is 46.7 cm³/mol. The minimum Gasteiger partial charge on any atom is -0.481 e. The van der Waals surface area contributed by atoms with E-state index in [1.54, 1.807) is 0 Å². The number of rotatable bonds is 3. The third-order valence-corrected chi connectivity index (χ3v) is 2.74. The zero-order chi connectivity index (χ0) is 11.2. The van der Waals surface area contributed by atoms with E-state index in [0.717, 1.165) is 0 Å². The maximum absolute atomic E-state index is 12.6. The molecule has 2 rings (SSSR count). The molecule has 0 radical (unpaired) electrons. The molecular formula is C9H10F2N2O2. The van der Waals surface area contributed by atoms with Crippen LogP contribution in [0.25, 0.3) is 0 Å². The second-order valence-corrected chi connectivity index (χ2v) is 3.79. The quantitative estimate of drug-likeness (QED) is 0.832. The van der Waals surface area contributed by atoms with E-state index in [-0.39, 0.29) is 5.56 Å². The second-order valence-electron chi connectivity index (χ2n) is 3.79. The molecule has 0 aliphatic heterocycles. The molecular weight excluding hydrogens is 206 g/mol. The van der Waals surface area contributed by atoms with Crippen LogP contribution in [0.1, 0.15) is 30.5 Å². The van der Waals surface area contributed by atoms with Crippen molar-refractivity contribution < 1.29 is 18.7 Å². The summed E-state index contributed by atoms with van der Waals surface area (Å²) in [5.74, 6) is -1.04. The maximum Gasteiger partial charge on any atom is 0.314 e. The Balaban J connectivity index is 2.48. The molecule has 82 valence electrons. The SMILES string of the molecule is Cn1cc(C2(C(=O)O)CC2)c(C(F)F)n1. The second kappa shape index (κ2) is 3.01. The molecule has 0 atom stereocenters. The van der Waals surface area contributed by atoms with Crippen molar-refractivity contribution in [1.29, 1.82) is 0 Å². The van der Waals surface area contributed by atoms with Crippen LogP contribution in [0.2, 0.25) is 0 Å². The number of hydrogen-bond donors (Lipinski definition) is 1. The number of carboxylic acid groups (broad SMARTS) is 1. The Labute approximate surface area is 84.5 Å². The number of aryl methyl sites for hydroxylation is 1. The molecule has 1 aromatic rings. The largest absolute Gasteiger partial charge is 0.481 e. The highest BCUT2D eigenvalue weighted by molar-refractivity contribution is 5.85. The van der Waals surface area contributed by atoms with Gasteiger partial charge in [-0.1, -0.05) is 0 Å². The van der Waals surface area contributed by atoms with Crippen LogP contribution < -0.4 is 0 Å². The lowest BCUT2D eigenvalue weighted by atomic mass is 9.97. The lowest BCUT2D eigenvalue weighted by molar-refractivity contribution is -0.140. The van der Waals surface area contributed by atoms with Crippen molar-refractivity contribution in [2.75, 3.05) is 0 Å². The first kappa shape index (κ1) is 10.1. The molecule has 0 amide bonds. The van der Waals surface area contributed by atoms with Crippen LogP contribution in [-0.4, -0.2) is 20.9 Å². The summed E-state index contributed by atoms with van der Waals surface area (Å²) in [5, 5.41) is 12.6. The van der Waals surface area contributed by atoms with Crippen LogP contribution in [0, 0.1) is 0 Å². The van der Waals surface area contributed by atoms with Gasteiger partial charge in [-0.2, -0.15) is 5.10 Å². The van der Waals surface area contributed by atoms with Gasteiger partial charge in [-0.15, -0.1) is 0 Å². The number of halogens is 2. The number of nitrogens with zero attached hydrogens (tertiary/aromatic N) is 2. The van der Waals surface area contributed by atoms with E-state index in [4.69, 9.17) is 5.11 Å². The number of aliphatic carboxylic acids is 1. The van der Waals surface area contributed by atoms with Gasteiger partial charge in [-0.3, -0.25) is 9.48 Å². The smallest absolute Gasteiger partial charge is 0.314 e. The Morgan fingerprint density at radius 3 is 2.67 bits per heavy atom. The number of aromatic nitrogens is 2. The highest BCUT2D eigenvalue weighted by Crippen LogP contribution is 2.50. The van der Waals surface area contributed by atoms with Crippen molar-refractivity contribution in [2.24, 2.45) is 7.05 Å². The van der Waals surface area contributed by atoms with E-state index in [2.05, 4.69) is 5.10 Å². The lowest BCUT2D eigenvalue weighted by Crippen LogP contribution is -2.20. The molecule has 1 saturated carbocycles. The topological polar surface area (TPSA) is 55.1 Å². The summed E-state index contributed by atoms with van der Waals surface area (Å²) in [6, 6.07) is 0. The van der Waals surface area contributed by atoms with E-state index in [9.17, 15) is 13.6 Å². The van der Waals surface area contributed by atoms with Crippen LogP contribution in [-0.2, 0) is 17.3 Å². The van der Waals surface area contributed by atoms with Crippen molar-refractivity contribution >= 4 is 5.97 Å². The van der Waals surface area contributed by atoms with Crippen molar-refractivity contribution in [1.82, 2.24) is 9.78 Å². The average molecular weight is 216 g/mol. The summed E-state index contributed by atoms with van der Waals surface area (Å²) in [6.45, 7) is 0. The molecule has 0 aromatic carbocycles. The molecule has 4 nitrogen and oxygen atoms in total. The highest BCUT2D eigenvalue weighted by Gasteiger charge is 2.54. The highest BCUT2D eigenvalue weighted by atomic mass is 19.3. The Hall–Kier alpha value is -1.46. The van der Waals surface area contributed by atoms with E-state index in [1.165, 1.54) is 17.9 Å². The third kappa shape index (κ3) is 1.40. The molecule has 0 bridgehead atoms. The van der Waals surface area contributed by atoms with Crippen molar-refractivity contribution in [3.05, 3.63) is 17.5 Å². The van der Waals surface area contributed by atoms with E-state index in [0.29, 0.717) is 12.8 Å². The molecule has 1 fully saturated rings. The Bertz CT molecular complexity index is 410. The molecule has 0 unspecified atom stereocenters. The fourth-order valence-electron chi connectivity index (χ4n) is 1.76. The minimum absolute atomic E-state index is 0.160. The maximum atomic E-state index is 12.6. The summed E-state index contributed by atoms with van der Waals surface area (Å²) >= 11 is 0. The normalized spacial score (nSPS) is 18.1.